The van der Waals surface area contributed by atoms with Crippen molar-refractivity contribution in [2.24, 2.45) is 0 Å². The number of nitro benzene ring substituents is 1. The zero-order chi connectivity index (χ0) is 22.1. The number of nitro groups is 1. The molecular weight excluding hydrogens is 390 g/mol. The lowest BCUT2D eigenvalue weighted by molar-refractivity contribution is -0.384. The van der Waals surface area contributed by atoms with Crippen molar-refractivity contribution in [1.82, 2.24) is 5.32 Å². The van der Waals surface area contributed by atoms with Gasteiger partial charge in [-0.05, 0) is 50.6 Å². The molecule has 0 aliphatic carbocycles. The van der Waals surface area contributed by atoms with E-state index in [4.69, 9.17) is 4.74 Å². The number of phenols is 1. The molecule has 0 fully saturated rings. The highest BCUT2D eigenvalue weighted by Gasteiger charge is 2.43. The van der Waals surface area contributed by atoms with Crippen LogP contribution < -0.4 is 15.4 Å². The van der Waals surface area contributed by atoms with Crippen LogP contribution in [0, 0.1) is 10.1 Å². The third-order valence-corrected chi connectivity index (χ3v) is 5.09. The minimum atomic E-state index is -0.980. The van der Waals surface area contributed by atoms with Gasteiger partial charge >= 0.3 is 0 Å². The fourth-order valence-electron chi connectivity index (χ4n) is 3.53. The first-order chi connectivity index (χ1) is 14.1. The molecule has 2 unspecified atom stereocenters. The van der Waals surface area contributed by atoms with Crippen LogP contribution in [0.1, 0.15) is 37.9 Å². The number of hydrogen-bond acceptors (Lipinski definition) is 7. The number of carbonyl (C=O) groups excluding carboxylic acids is 1. The van der Waals surface area contributed by atoms with Crippen molar-refractivity contribution >= 4 is 17.3 Å². The summed E-state index contributed by atoms with van der Waals surface area (Å²) in [6.07, 6.45) is -0.289. The van der Waals surface area contributed by atoms with Gasteiger partial charge in [0.1, 0.15) is 28.9 Å². The van der Waals surface area contributed by atoms with Gasteiger partial charge in [0.05, 0.1) is 17.0 Å². The maximum Gasteiger partial charge on any atom is 0.296 e. The summed E-state index contributed by atoms with van der Waals surface area (Å²) in [6, 6.07) is 9.04. The van der Waals surface area contributed by atoms with Crippen molar-refractivity contribution in [2.75, 3.05) is 11.9 Å². The quantitative estimate of drug-likeness (QED) is 0.421. The average molecular weight is 415 g/mol. The number of aliphatic hydroxyl groups excluding tert-OH is 1. The number of phenolic OH excluding ortho intramolecular Hbond substituents is 1. The SMILES string of the molecule is CC(=O)Nc1cc2c(cc1[N+](=O)[O-])OC(C)(C)C(O)C2NCCc1ccc(O)cc1. The smallest absolute Gasteiger partial charge is 0.296 e. The molecule has 9 nitrogen and oxygen atoms in total. The lowest BCUT2D eigenvalue weighted by Gasteiger charge is -2.42. The van der Waals surface area contributed by atoms with Gasteiger partial charge in [-0.2, -0.15) is 0 Å². The van der Waals surface area contributed by atoms with E-state index in [0.29, 0.717) is 18.5 Å². The minimum Gasteiger partial charge on any atom is -0.508 e. The van der Waals surface area contributed by atoms with E-state index in [1.807, 2.05) is 12.1 Å². The van der Waals surface area contributed by atoms with E-state index in [-0.39, 0.29) is 22.9 Å². The van der Waals surface area contributed by atoms with Gasteiger partial charge in [-0.15, -0.1) is 0 Å². The predicted octanol–water partition coefficient (Wildman–Crippen LogP) is 2.66. The molecule has 0 radical (unpaired) electrons. The highest BCUT2D eigenvalue weighted by Crippen LogP contribution is 2.44. The highest BCUT2D eigenvalue weighted by molar-refractivity contribution is 5.91. The number of fused-ring (bicyclic) bond motifs is 1. The van der Waals surface area contributed by atoms with Crippen LogP contribution in [0.2, 0.25) is 0 Å². The minimum absolute atomic E-state index is 0.0482. The Morgan fingerprint density at radius 2 is 1.93 bits per heavy atom. The molecule has 1 aliphatic rings. The number of aromatic hydroxyl groups is 1. The molecular formula is C21H25N3O6. The van der Waals surface area contributed by atoms with Crippen LogP contribution in [0.4, 0.5) is 11.4 Å². The van der Waals surface area contributed by atoms with Gasteiger partial charge < -0.3 is 25.6 Å². The van der Waals surface area contributed by atoms with Gasteiger partial charge in [-0.25, -0.2) is 0 Å². The number of carbonyl (C=O) groups is 1. The Labute approximate surface area is 173 Å². The monoisotopic (exact) mass is 415 g/mol. The number of nitrogens with one attached hydrogen (secondary N) is 2. The van der Waals surface area contributed by atoms with Gasteiger partial charge in [0, 0.05) is 12.5 Å². The molecule has 0 saturated heterocycles. The van der Waals surface area contributed by atoms with Crippen LogP contribution >= 0.6 is 0 Å². The number of hydrogen-bond donors (Lipinski definition) is 4. The van der Waals surface area contributed by atoms with Crippen LogP contribution in [-0.2, 0) is 11.2 Å². The summed E-state index contributed by atoms with van der Waals surface area (Å²) in [4.78, 5) is 22.4. The van der Waals surface area contributed by atoms with Gasteiger partial charge in [-0.3, -0.25) is 14.9 Å². The summed E-state index contributed by atoms with van der Waals surface area (Å²) in [5.41, 5.74) is 0.323. The molecule has 0 bridgehead atoms. The van der Waals surface area contributed by atoms with Crippen molar-refractivity contribution in [2.45, 2.75) is 44.9 Å². The standard InChI is InChI=1S/C21H25N3O6/c1-12(25)23-16-10-15-18(11-17(16)24(28)29)30-21(2,3)20(27)19(15)22-9-8-13-4-6-14(26)7-5-13/h4-7,10-11,19-20,22,26-27H,8-9H2,1-3H3,(H,23,25). The molecule has 1 aliphatic heterocycles. The summed E-state index contributed by atoms with van der Waals surface area (Å²) in [5, 5.41) is 37.5. The average Bonchev–Trinajstić information content (AvgIpc) is 2.65. The molecule has 160 valence electrons. The van der Waals surface area contributed by atoms with Crippen LogP contribution in [0.25, 0.3) is 0 Å². The summed E-state index contributed by atoms with van der Waals surface area (Å²) in [6.45, 7) is 5.20. The Morgan fingerprint density at radius 3 is 2.53 bits per heavy atom. The molecule has 2 atom stereocenters. The number of rotatable bonds is 6. The van der Waals surface area contributed by atoms with Gasteiger partial charge in [0.15, 0.2) is 0 Å². The van der Waals surface area contributed by atoms with Gasteiger partial charge in [-0.1, -0.05) is 12.1 Å². The molecule has 0 spiro atoms. The second-order valence-electron chi connectivity index (χ2n) is 7.84. The molecule has 2 aromatic rings. The van der Waals surface area contributed by atoms with Crippen LogP contribution in [0.15, 0.2) is 36.4 Å². The second-order valence-corrected chi connectivity index (χ2v) is 7.84. The molecule has 2 aromatic carbocycles. The fourth-order valence-corrected chi connectivity index (χ4v) is 3.53. The van der Waals surface area contributed by atoms with E-state index in [1.54, 1.807) is 26.0 Å². The number of anilines is 1. The second kappa shape index (κ2) is 8.29. The molecule has 9 heteroatoms. The number of amides is 1. The van der Waals surface area contributed by atoms with E-state index < -0.39 is 28.6 Å². The van der Waals surface area contributed by atoms with Gasteiger partial charge in [0.2, 0.25) is 5.91 Å². The van der Waals surface area contributed by atoms with Gasteiger partial charge in [0.25, 0.3) is 5.69 Å². The fraction of sp³-hybridized carbons (Fsp3) is 0.381. The number of ether oxygens (including phenoxy) is 1. The molecule has 1 heterocycles. The maximum absolute atomic E-state index is 11.5. The van der Waals surface area contributed by atoms with E-state index in [9.17, 15) is 25.1 Å². The number of benzene rings is 2. The molecule has 1 amide bonds. The van der Waals surface area contributed by atoms with E-state index in [0.717, 1.165) is 5.56 Å². The predicted molar refractivity (Wildman–Crippen MR) is 111 cm³/mol. The Hall–Kier alpha value is -3.17. The maximum atomic E-state index is 11.5. The lowest BCUT2D eigenvalue weighted by Crippen LogP contribution is -2.52. The number of aliphatic hydroxyl groups is 1. The lowest BCUT2D eigenvalue weighted by atomic mass is 9.86. The first-order valence-electron chi connectivity index (χ1n) is 9.57. The molecule has 4 N–H and O–H groups in total. The molecule has 3 rings (SSSR count). The Balaban J connectivity index is 1.91. The Kier molecular flexibility index (Phi) is 5.95. The molecule has 30 heavy (non-hydrogen) atoms. The first-order valence-corrected chi connectivity index (χ1v) is 9.57. The van der Waals surface area contributed by atoms with Crippen molar-refractivity contribution in [3.63, 3.8) is 0 Å². The normalized spacial score (nSPS) is 19.5. The van der Waals surface area contributed by atoms with Crippen molar-refractivity contribution in [3.8, 4) is 11.5 Å². The third kappa shape index (κ3) is 4.52. The summed E-state index contributed by atoms with van der Waals surface area (Å²) in [5.74, 6) is 0.0371. The third-order valence-electron chi connectivity index (χ3n) is 5.09. The van der Waals surface area contributed by atoms with Crippen LogP contribution in [0.5, 0.6) is 11.5 Å². The first kappa shape index (κ1) is 21.5. The zero-order valence-electron chi connectivity index (χ0n) is 17.0. The zero-order valence-corrected chi connectivity index (χ0v) is 17.0. The highest BCUT2D eigenvalue weighted by atomic mass is 16.6. The van der Waals surface area contributed by atoms with Crippen molar-refractivity contribution in [1.29, 1.82) is 0 Å². The summed E-state index contributed by atoms with van der Waals surface area (Å²) in [7, 11) is 0. The Morgan fingerprint density at radius 1 is 1.27 bits per heavy atom. The molecule has 0 saturated carbocycles. The van der Waals surface area contributed by atoms with E-state index in [2.05, 4.69) is 10.6 Å². The summed E-state index contributed by atoms with van der Waals surface area (Å²) >= 11 is 0. The van der Waals surface area contributed by atoms with Crippen LogP contribution in [0.3, 0.4) is 0 Å². The Bertz CT molecular complexity index is 958. The van der Waals surface area contributed by atoms with Crippen molar-refractivity contribution in [3.05, 3.63) is 57.6 Å². The van der Waals surface area contributed by atoms with E-state index >= 15 is 0 Å². The number of nitrogens with zero attached hydrogens (tertiary/aromatic N) is 1. The molecule has 0 aromatic heterocycles. The topological polar surface area (TPSA) is 134 Å². The van der Waals surface area contributed by atoms with Crippen molar-refractivity contribution < 1.29 is 24.7 Å². The van der Waals surface area contributed by atoms with Crippen LogP contribution in [-0.4, -0.2) is 39.3 Å². The van der Waals surface area contributed by atoms with E-state index in [1.165, 1.54) is 19.1 Å². The summed E-state index contributed by atoms with van der Waals surface area (Å²) < 4.78 is 5.86. The largest absolute Gasteiger partial charge is 0.508 e.